The Balaban J connectivity index is 2.22. The van der Waals surface area contributed by atoms with E-state index >= 15 is 0 Å². The molecule has 0 N–H and O–H groups in total. The van der Waals surface area contributed by atoms with Crippen LogP contribution in [0.15, 0.2) is 18.2 Å². The van der Waals surface area contributed by atoms with Gasteiger partial charge in [-0.15, -0.1) is 0 Å². The lowest BCUT2D eigenvalue weighted by Gasteiger charge is -2.40. The summed E-state index contributed by atoms with van der Waals surface area (Å²) >= 11 is 0. The molecular formula is C15H20N2O3. The third-order valence-corrected chi connectivity index (χ3v) is 4.51. The van der Waals surface area contributed by atoms with E-state index < -0.39 is 4.92 Å². The Bertz CT molecular complexity index is 520. The van der Waals surface area contributed by atoms with Crippen molar-refractivity contribution in [1.82, 2.24) is 0 Å². The van der Waals surface area contributed by atoms with Crippen LogP contribution in [0.25, 0.3) is 0 Å². The van der Waals surface area contributed by atoms with E-state index in [-0.39, 0.29) is 5.69 Å². The van der Waals surface area contributed by atoms with Gasteiger partial charge >= 0.3 is 0 Å². The van der Waals surface area contributed by atoms with E-state index in [0.29, 0.717) is 17.3 Å². The number of nitrogens with zero attached hydrogens (tertiary/aromatic N) is 2. The molecule has 0 unspecified atom stereocenters. The molecule has 0 bridgehead atoms. The number of benzene rings is 1. The Morgan fingerprint density at radius 2 is 2.05 bits per heavy atom. The topological polar surface area (TPSA) is 63.4 Å². The highest BCUT2D eigenvalue weighted by atomic mass is 16.6. The minimum atomic E-state index is -0.471. The third kappa shape index (κ3) is 2.81. The molecule has 0 aromatic heterocycles. The monoisotopic (exact) mass is 276 g/mol. The number of nitro groups is 1. The van der Waals surface area contributed by atoms with E-state index in [1.807, 2.05) is 0 Å². The van der Waals surface area contributed by atoms with Gasteiger partial charge in [-0.1, -0.05) is 20.3 Å². The highest BCUT2D eigenvalue weighted by Crippen LogP contribution is 2.36. The van der Waals surface area contributed by atoms with Crippen molar-refractivity contribution in [2.75, 3.05) is 18.0 Å². The summed E-state index contributed by atoms with van der Waals surface area (Å²) in [7, 11) is 0. The molecule has 0 radical (unpaired) electrons. The van der Waals surface area contributed by atoms with E-state index in [9.17, 15) is 14.9 Å². The summed E-state index contributed by atoms with van der Waals surface area (Å²) in [4.78, 5) is 23.6. The minimum absolute atomic E-state index is 0.0359. The maximum atomic E-state index is 11.2. The van der Waals surface area contributed by atoms with Crippen LogP contribution in [0.1, 0.15) is 43.5 Å². The van der Waals surface area contributed by atoms with E-state index in [2.05, 4.69) is 18.7 Å². The molecule has 20 heavy (non-hydrogen) atoms. The average Bonchev–Trinajstić information content (AvgIpc) is 2.47. The fourth-order valence-electron chi connectivity index (χ4n) is 2.68. The lowest BCUT2D eigenvalue weighted by atomic mass is 9.78. The van der Waals surface area contributed by atoms with Gasteiger partial charge in [0, 0.05) is 36.5 Å². The molecule has 108 valence electrons. The van der Waals surface area contributed by atoms with Gasteiger partial charge in [0.15, 0.2) is 6.29 Å². The molecule has 0 amide bonds. The Morgan fingerprint density at radius 1 is 1.40 bits per heavy atom. The van der Waals surface area contributed by atoms with Crippen LogP contribution < -0.4 is 4.90 Å². The van der Waals surface area contributed by atoms with Gasteiger partial charge in [0.25, 0.3) is 5.69 Å². The molecule has 0 spiro atoms. The fourth-order valence-corrected chi connectivity index (χ4v) is 2.68. The average molecular weight is 276 g/mol. The second kappa shape index (κ2) is 5.61. The van der Waals surface area contributed by atoms with Crippen LogP contribution >= 0.6 is 0 Å². The smallest absolute Gasteiger partial charge is 0.270 e. The first-order valence-electron chi connectivity index (χ1n) is 6.97. The van der Waals surface area contributed by atoms with Crippen molar-refractivity contribution in [1.29, 1.82) is 0 Å². The van der Waals surface area contributed by atoms with Gasteiger partial charge in [0.2, 0.25) is 0 Å². The number of anilines is 1. The molecule has 5 heteroatoms. The summed E-state index contributed by atoms with van der Waals surface area (Å²) in [5, 5.41) is 10.8. The second-order valence-electron chi connectivity index (χ2n) is 5.77. The van der Waals surface area contributed by atoms with Crippen molar-refractivity contribution in [2.45, 2.75) is 33.1 Å². The van der Waals surface area contributed by atoms with Crippen LogP contribution in [-0.4, -0.2) is 24.3 Å². The normalized spacial score (nSPS) is 17.8. The Kier molecular flexibility index (Phi) is 4.06. The maximum absolute atomic E-state index is 11.2. The molecule has 2 rings (SSSR count). The summed E-state index contributed by atoms with van der Waals surface area (Å²) in [5.74, 6) is 0. The van der Waals surface area contributed by atoms with Crippen molar-refractivity contribution in [3.8, 4) is 0 Å². The highest BCUT2D eigenvalue weighted by Gasteiger charge is 2.29. The van der Waals surface area contributed by atoms with Crippen molar-refractivity contribution < 1.29 is 9.72 Å². The largest absolute Gasteiger partial charge is 0.371 e. The lowest BCUT2D eigenvalue weighted by molar-refractivity contribution is -0.384. The van der Waals surface area contributed by atoms with Crippen LogP contribution in [0.2, 0.25) is 0 Å². The van der Waals surface area contributed by atoms with E-state index in [1.54, 1.807) is 6.07 Å². The van der Waals surface area contributed by atoms with Crippen LogP contribution in [0.3, 0.4) is 0 Å². The SMILES string of the molecule is CCC1(C)CCN(c2ccc([N+](=O)[O-])cc2C=O)CC1. The van der Waals surface area contributed by atoms with E-state index in [0.717, 1.165) is 38.0 Å². The standard InChI is InChI=1S/C15H20N2O3/c1-3-15(2)6-8-16(9-7-15)14-5-4-13(17(19)20)10-12(14)11-18/h4-5,10-11H,3,6-9H2,1-2H3. The molecule has 1 aliphatic heterocycles. The number of aldehydes is 1. The predicted octanol–water partition coefficient (Wildman–Crippen LogP) is 3.42. The Morgan fingerprint density at radius 3 is 2.55 bits per heavy atom. The van der Waals surface area contributed by atoms with E-state index in [1.165, 1.54) is 12.1 Å². The summed E-state index contributed by atoms with van der Waals surface area (Å²) in [6.45, 7) is 6.28. The van der Waals surface area contributed by atoms with Gasteiger partial charge < -0.3 is 4.90 Å². The number of piperidine rings is 1. The van der Waals surface area contributed by atoms with Gasteiger partial charge in [-0.05, 0) is 24.3 Å². The van der Waals surface area contributed by atoms with Crippen LogP contribution in [0.5, 0.6) is 0 Å². The zero-order valence-electron chi connectivity index (χ0n) is 12.0. The fraction of sp³-hybridized carbons (Fsp3) is 0.533. The summed E-state index contributed by atoms with van der Waals surface area (Å²) in [6, 6.07) is 4.52. The van der Waals surface area contributed by atoms with Crippen LogP contribution in [0, 0.1) is 15.5 Å². The van der Waals surface area contributed by atoms with Crippen molar-refractivity contribution in [3.05, 3.63) is 33.9 Å². The molecule has 5 nitrogen and oxygen atoms in total. The zero-order chi connectivity index (χ0) is 14.8. The second-order valence-corrected chi connectivity index (χ2v) is 5.77. The minimum Gasteiger partial charge on any atom is -0.371 e. The highest BCUT2D eigenvalue weighted by molar-refractivity contribution is 5.86. The quantitative estimate of drug-likeness (QED) is 0.480. The zero-order valence-corrected chi connectivity index (χ0v) is 12.0. The molecular weight excluding hydrogens is 256 g/mol. The molecule has 0 aliphatic carbocycles. The number of rotatable bonds is 4. The van der Waals surface area contributed by atoms with Crippen molar-refractivity contribution in [2.24, 2.45) is 5.41 Å². The number of non-ortho nitro benzene ring substituents is 1. The van der Waals surface area contributed by atoms with Crippen LogP contribution in [0.4, 0.5) is 11.4 Å². The number of carbonyl (C=O) groups excluding carboxylic acids is 1. The van der Waals surface area contributed by atoms with Gasteiger partial charge in [-0.3, -0.25) is 14.9 Å². The van der Waals surface area contributed by atoms with Crippen LogP contribution in [-0.2, 0) is 0 Å². The molecule has 0 atom stereocenters. The van der Waals surface area contributed by atoms with Crippen molar-refractivity contribution in [3.63, 3.8) is 0 Å². The summed E-state index contributed by atoms with van der Waals surface area (Å²) in [5.41, 5.74) is 1.55. The summed E-state index contributed by atoms with van der Waals surface area (Å²) in [6.07, 6.45) is 4.02. The number of hydrogen-bond acceptors (Lipinski definition) is 4. The lowest BCUT2D eigenvalue weighted by Crippen LogP contribution is -2.38. The number of nitro benzene ring substituents is 1. The first-order valence-corrected chi connectivity index (χ1v) is 6.97. The third-order valence-electron chi connectivity index (χ3n) is 4.51. The maximum Gasteiger partial charge on any atom is 0.270 e. The molecule has 1 heterocycles. The Labute approximate surface area is 118 Å². The summed E-state index contributed by atoms with van der Waals surface area (Å²) < 4.78 is 0. The first-order chi connectivity index (χ1) is 9.49. The predicted molar refractivity (Wildman–Crippen MR) is 78.3 cm³/mol. The number of hydrogen-bond donors (Lipinski definition) is 0. The molecule has 0 saturated carbocycles. The Hall–Kier alpha value is -1.91. The van der Waals surface area contributed by atoms with Gasteiger partial charge in [-0.2, -0.15) is 0 Å². The molecule has 1 aromatic rings. The molecule has 1 fully saturated rings. The van der Waals surface area contributed by atoms with Gasteiger partial charge in [-0.25, -0.2) is 0 Å². The molecule has 1 aliphatic rings. The van der Waals surface area contributed by atoms with Gasteiger partial charge in [0.1, 0.15) is 0 Å². The first kappa shape index (κ1) is 14.5. The number of carbonyl (C=O) groups is 1. The van der Waals surface area contributed by atoms with E-state index in [4.69, 9.17) is 0 Å². The van der Waals surface area contributed by atoms with Gasteiger partial charge in [0.05, 0.1) is 4.92 Å². The molecule has 1 saturated heterocycles. The molecule has 1 aromatic carbocycles. The van der Waals surface area contributed by atoms with Crippen molar-refractivity contribution >= 4 is 17.7 Å².